The van der Waals surface area contributed by atoms with Crippen LogP contribution in [0.25, 0.3) is 0 Å². The van der Waals surface area contributed by atoms with Crippen LogP contribution >= 0.6 is 0 Å². The average Bonchev–Trinajstić information content (AvgIpc) is 1.88. The van der Waals surface area contributed by atoms with Crippen LogP contribution in [0, 0.1) is 0 Å². The molecule has 0 radical (unpaired) electrons. The normalized spacial score (nSPS) is 20.8. The summed E-state index contributed by atoms with van der Waals surface area (Å²) in [6, 6.07) is 0. The van der Waals surface area contributed by atoms with E-state index >= 15 is 0 Å². The van der Waals surface area contributed by atoms with Crippen LogP contribution in [0.3, 0.4) is 0 Å². The summed E-state index contributed by atoms with van der Waals surface area (Å²) >= 11 is 0. The van der Waals surface area contributed by atoms with Crippen LogP contribution in [0.1, 0.15) is 32.1 Å². The third-order valence-corrected chi connectivity index (χ3v) is 3.25. The Morgan fingerprint density at radius 2 is 1.55 bits per heavy atom. The fraction of sp³-hybridized carbons (Fsp3) is 1.00. The monoisotopic (exact) mass is 170 g/mol. The minimum Gasteiger partial charge on any atom is -0.748 e. The summed E-state index contributed by atoms with van der Waals surface area (Å²) in [5.41, 5.74) is 0. The third-order valence-electron chi connectivity index (χ3n) is 1.96. The van der Waals surface area contributed by atoms with Gasteiger partial charge in [-0.05, 0) is 12.8 Å². The Morgan fingerprint density at radius 3 is 1.82 bits per heavy atom. The quantitative estimate of drug-likeness (QED) is 0.333. The Hall–Kier alpha value is 0.507. The van der Waals surface area contributed by atoms with E-state index in [4.69, 9.17) is 0 Å². The topological polar surface area (TPSA) is 57.2 Å². The first-order chi connectivity index (χ1) is 4.61. The minimum absolute atomic E-state index is 0. The maximum atomic E-state index is 10.4. The molecule has 3 nitrogen and oxygen atoms in total. The van der Waals surface area contributed by atoms with Crippen molar-refractivity contribution in [3.8, 4) is 0 Å². The molecule has 0 aliphatic heterocycles. The summed E-state index contributed by atoms with van der Waals surface area (Å²) in [5, 5.41) is -0.582. The molecule has 11 heavy (non-hydrogen) atoms. The van der Waals surface area contributed by atoms with E-state index in [1.54, 1.807) is 0 Å². The predicted molar refractivity (Wildman–Crippen MR) is 36.6 cm³/mol. The van der Waals surface area contributed by atoms with Crippen molar-refractivity contribution >= 4 is 10.1 Å². The molecule has 0 aromatic heterocycles. The van der Waals surface area contributed by atoms with Crippen LogP contribution < -0.4 is 18.9 Å². The van der Waals surface area contributed by atoms with E-state index in [0.29, 0.717) is 12.8 Å². The second-order valence-corrected chi connectivity index (χ2v) is 4.41. The number of hydrogen-bond acceptors (Lipinski definition) is 3. The van der Waals surface area contributed by atoms with Crippen LogP contribution in [0.2, 0.25) is 0 Å². The van der Waals surface area contributed by atoms with Gasteiger partial charge in [0.1, 0.15) is 0 Å². The van der Waals surface area contributed by atoms with Gasteiger partial charge in [0, 0.05) is 5.25 Å². The number of hydrogen-bond donors (Lipinski definition) is 0. The van der Waals surface area contributed by atoms with Gasteiger partial charge in [-0.1, -0.05) is 19.3 Å². The molecular weight excluding hydrogens is 159 g/mol. The molecule has 1 fully saturated rings. The van der Waals surface area contributed by atoms with Crippen LogP contribution in [-0.4, -0.2) is 18.2 Å². The molecule has 0 amide bonds. The van der Waals surface area contributed by atoms with E-state index in [-0.39, 0.29) is 18.9 Å². The molecule has 1 saturated carbocycles. The van der Waals surface area contributed by atoms with Crippen molar-refractivity contribution in [2.45, 2.75) is 37.4 Å². The molecule has 5 heteroatoms. The molecule has 0 N–H and O–H groups in total. The molecule has 0 unspecified atom stereocenters. The van der Waals surface area contributed by atoms with Gasteiger partial charge in [-0.3, -0.25) is 0 Å². The first-order valence-corrected chi connectivity index (χ1v) is 5.02. The van der Waals surface area contributed by atoms with Crippen molar-refractivity contribution in [3.05, 3.63) is 0 Å². The van der Waals surface area contributed by atoms with Crippen LogP contribution in [-0.2, 0) is 10.1 Å². The van der Waals surface area contributed by atoms with Crippen molar-refractivity contribution in [1.29, 1.82) is 0 Å². The van der Waals surface area contributed by atoms with Gasteiger partial charge in [-0.25, -0.2) is 8.42 Å². The van der Waals surface area contributed by atoms with E-state index in [2.05, 4.69) is 0 Å². The zero-order valence-electron chi connectivity index (χ0n) is 6.75. The maximum Gasteiger partial charge on any atom is 1.00 e. The Bertz CT molecular complexity index is 194. The minimum atomic E-state index is -3.98. The smallest absolute Gasteiger partial charge is 0.748 e. The first kappa shape index (κ1) is 11.5. The molecule has 0 saturated heterocycles. The summed E-state index contributed by atoms with van der Waals surface area (Å²) < 4.78 is 31.3. The molecule has 0 aromatic rings. The van der Waals surface area contributed by atoms with Crippen molar-refractivity contribution in [2.75, 3.05) is 0 Å². The van der Waals surface area contributed by atoms with Gasteiger partial charge < -0.3 is 4.55 Å². The van der Waals surface area contributed by atoms with Gasteiger partial charge in [0.05, 0.1) is 10.1 Å². The predicted octanol–water partition coefficient (Wildman–Crippen LogP) is -2.13. The Balaban J connectivity index is 0.000001000. The zero-order valence-corrected chi connectivity index (χ0v) is 7.56. The summed E-state index contributed by atoms with van der Waals surface area (Å²) in [6.07, 6.45) is 4.02. The molecular formula is C6H11LiO3S. The number of rotatable bonds is 1. The van der Waals surface area contributed by atoms with Crippen molar-refractivity contribution in [3.63, 3.8) is 0 Å². The fourth-order valence-electron chi connectivity index (χ4n) is 1.35. The largest absolute Gasteiger partial charge is 1.00 e. The molecule has 0 aromatic carbocycles. The van der Waals surface area contributed by atoms with Crippen molar-refractivity contribution < 1.29 is 31.8 Å². The van der Waals surface area contributed by atoms with Crippen LogP contribution in [0.15, 0.2) is 0 Å². The van der Waals surface area contributed by atoms with E-state index < -0.39 is 15.4 Å². The summed E-state index contributed by atoms with van der Waals surface area (Å²) in [6.45, 7) is 0. The van der Waals surface area contributed by atoms with Crippen molar-refractivity contribution in [2.24, 2.45) is 0 Å². The molecule has 0 heterocycles. The second kappa shape index (κ2) is 4.51. The Kier molecular flexibility index (Phi) is 4.72. The van der Waals surface area contributed by atoms with Gasteiger partial charge in [-0.15, -0.1) is 0 Å². The third kappa shape index (κ3) is 3.61. The van der Waals surface area contributed by atoms with Crippen LogP contribution in [0.5, 0.6) is 0 Å². The average molecular weight is 170 g/mol. The summed E-state index contributed by atoms with van der Waals surface area (Å²) in [4.78, 5) is 0. The van der Waals surface area contributed by atoms with Gasteiger partial charge in [-0.2, -0.15) is 0 Å². The van der Waals surface area contributed by atoms with Crippen LogP contribution in [0.4, 0.5) is 0 Å². The second-order valence-electron chi connectivity index (χ2n) is 2.75. The molecule has 1 aliphatic carbocycles. The first-order valence-electron chi connectivity index (χ1n) is 3.55. The molecule has 1 rings (SSSR count). The SMILES string of the molecule is O=S(=O)([O-])C1CCCCC1.[Li+]. The summed E-state index contributed by atoms with van der Waals surface area (Å²) in [7, 11) is -3.98. The van der Waals surface area contributed by atoms with Gasteiger partial charge in [0.15, 0.2) is 0 Å². The standard InChI is InChI=1S/C6H12O3S.Li/c7-10(8,9)6-4-2-1-3-5-6;/h6H,1-5H2,(H,7,8,9);/q;+1/p-1. The van der Waals surface area contributed by atoms with Gasteiger partial charge in [0.25, 0.3) is 0 Å². The van der Waals surface area contributed by atoms with Gasteiger partial charge >= 0.3 is 18.9 Å². The Labute approximate surface area is 79.5 Å². The molecule has 0 bridgehead atoms. The van der Waals surface area contributed by atoms with E-state index in [1.165, 1.54) is 0 Å². The van der Waals surface area contributed by atoms with E-state index in [9.17, 15) is 13.0 Å². The fourth-order valence-corrected chi connectivity index (χ4v) is 2.26. The van der Waals surface area contributed by atoms with Crippen molar-refractivity contribution in [1.82, 2.24) is 0 Å². The molecule has 0 spiro atoms. The molecule has 1 aliphatic rings. The zero-order chi connectivity index (χ0) is 7.61. The maximum absolute atomic E-state index is 10.4. The van der Waals surface area contributed by atoms with Gasteiger partial charge in [0.2, 0.25) is 0 Å². The summed E-state index contributed by atoms with van der Waals surface area (Å²) in [5.74, 6) is 0. The van der Waals surface area contributed by atoms with E-state index in [1.807, 2.05) is 0 Å². The molecule has 60 valence electrons. The Morgan fingerprint density at radius 1 is 1.09 bits per heavy atom. The van der Waals surface area contributed by atoms with E-state index in [0.717, 1.165) is 19.3 Å². The molecule has 0 atom stereocenters.